The average Bonchev–Trinajstić information content (AvgIpc) is 2.60. The number of nitrogens with one attached hydrogen (secondary N) is 1. The lowest BCUT2D eigenvalue weighted by Gasteiger charge is -2.34. The van der Waals surface area contributed by atoms with Gasteiger partial charge in [-0.1, -0.05) is 13.8 Å². The van der Waals surface area contributed by atoms with Crippen LogP contribution in [0.1, 0.15) is 52.1 Å². The zero-order valence-electron chi connectivity index (χ0n) is 15.8. The van der Waals surface area contributed by atoms with Crippen molar-refractivity contribution in [3.63, 3.8) is 0 Å². The van der Waals surface area contributed by atoms with Crippen molar-refractivity contribution in [1.82, 2.24) is 19.8 Å². The van der Waals surface area contributed by atoms with Crippen LogP contribution in [0.5, 0.6) is 0 Å². The molecule has 1 aromatic heterocycles. The van der Waals surface area contributed by atoms with Gasteiger partial charge in [0.2, 0.25) is 5.91 Å². The molecule has 0 bridgehead atoms. The molecule has 1 aliphatic rings. The van der Waals surface area contributed by atoms with Gasteiger partial charge in [-0.3, -0.25) is 4.79 Å². The molecule has 3 amide bonds. The van der Waals surface area contributed by atoms with Crippen LogP contribution in [0, 0.1) is 5.92 Å². The van der Waals surface area contributed by atoms with E-state index in [0.29, 0.717) is 31.6 Å². The van der Waals surface area contributed by atoms with Crippen LogP contribution in [0.3, 0.4) is 0 Å². The monoisotopic (exact) mass is 347 g/mol. The van der Waals surface area contributed by atoms with Gasteiger partial charge in [0.25, 0.3) is 0 Å². The lowest BCUT2D eigenvalue weighted by atomic mass is 9.95. The van der Waals surface area contributed by atoms with E-state index < -0.39 is 0 Å². The summed E-state index contributed by atoms with van der Waals surface area (Å²) in [5.74, 6) is 0.379. The van der Waals surface area contributed by atoms with E-state index in [9.17, 15) is 9.59 Å². The summed E-state index contributed by atoms with van der Waals surface area (Å²) in [5.41, 5.74) is 1.48. The second kappa shape index (κ2) is 8.27. The van der Waals surface area contributed by atoms with Crippen LogP contribution in [-0.4, -0.2) is 57.9 Å². The first kappa shape index (κ1) is 19.1. The Kier molecular flexibility index (Phi) is 6.33. The fraction of sp³-hybridized carbons (Fsp3) is 0.667. The van der Waals surface area contributed by atoms with Crippen LogP contribution < -0.4 is 5.32 Å². The Bertz CT molecular complexity index is 609. The smallest absolute Gasteiger partial charge is 0.321 e. The van der Waals surface area contributed by atoms with Gasteiger partial charge in [-0.05, 0) is 32.6 Å². The van der Waals surface area contributed by atoms with Gasteiger partial charge in [0, 0.05) is 32.1 Å². The van der Waals surface area contributed by atoms with Crippen molar-refractivity contribution in [1.29, 1.82) is 0 Å². The predicted octanol–water partition coefficient (Wildman–Crippen LogP) is 2.71. The molecular weight excluding hydrogens is 318 g/mol. The Balaban J connectivity index is 1.93. The predicted molar refractivity (Wildman–Crippen MR) is 97.3 cm³/mol. The number of nitrogens with zero attached hydrogens (tertiary/aromatic N) is 4. The minimum absolute atomic E-state index is 0.00253. The first-order chi connectivity index (χ1) is 11.8. The van der Waals surface area contributed by atoms with Gasteiger partial charge >= 0.3 is 6.03 Å². The molecule has 138 valence electrons. The van der Waals surface area contributed by atoms with Crippen molar-refractivity contribution in [2.24, 2.45) is 5.92 Å². The largest absolute Gasteiger partial charge is 0.343 e. The highest BCUT2D eigenvalue weighted by molar-refractivity contribution is 5.90. The quantitative estimate of drug-likeness (QED) is 0.908. The summed E-state index contributed by atoms with van der Waals surface area (Å²) in [6, 6.07) is 0.0428. The number of urea groups is 1. The molecule has 1 fully saturated rings. The number of carbonyl (C=O) groups excluding carboxylic acids is 2. The summed E-state index contributed by atoms with van der Waals surface area (Å²) in [4.78, 5) is 36.7. The van der Waals surface area contributed by atoms with E-state index in [1.807, 2.05) is 34.7 Å². The van der Waals surface area contributed by atoms with E-state index in [2.05, 4.69) is 15.3 Å². The van der Waals surface area contributed by atoms with Crippen molar-refractivity contribution in [3.8, 4) is 0 Å². The highest BCUT2D eigenvalue weighted by Crippen LogP contribution is 2.23. The van der Waals surface area contributed by atoms with Gasteiger partial charge < -0.3 is 15.1 Å². The molecule has 1 N–H and O–H groups in total. The Hall–Kier alpha value is -2.18. The second-order valence-corrected chi connectivity index (χ2v) is 7.21. The van der Waals surface area contributed by atoms with Gasteiger partial charge in [0.15, 0.2) is 0 Å². The number of hydrogen-bond acceptors (Lipinski definition) is 4. The molecule has 0 spiro atoms. The van der Waals surface area contributed by atoms with Gasteiger partial charge in [0.05, 0.1) is 17.6 Å². The molecular formula is C18H29N5O2. The van der Waals surface area contributed by atoms with E-state index in [0.717, 1.165) is 5.69 Å². The summed E-state index contributed by atoms with van der Waals surface area (Å²) in [6.45, 7) is 9.24. The summed E-state index contributed by atoms with van der Waals surface area (Å²) in [7, 11) is 1.84. The van der Waals surface area contributed by atoms with E-state index in [1.165, 1.54) is 6.33 Å². The van der Waals surface area contributed by atoms with Crippen molar-refractivity contribution in [2.75, 3.05) is 25.5 Å². The number of amides is 3. The van der Waals surface area contributed by atoms with E-state index in [4.69, 9.17) is 0 Å². The SMILES string of the molecule is CC(C)c1ncncc1NC(=O)N1CCC(C(=O)N(C)C(C)C)CC1. The topological polar surface area (TPSA) is 78.4 Å². The van der Waals surface area contributed by atoms with Gasteiger partial charge in [0.1, 0.15) is 6.33 Å². The molecule has 2 heterocycles. The molecule has 0 saturated carbocycles. The molecule has 0 aromatic carbocycles. The first-order valence-electron chi connectivity index (χ1n) is 8.93. The third-order valence-corrected chi connectivity index (χ3v) is 4.79. The number of aromatic nitrogens is 2. The maximum Gasteiger partial charge on any atom is 0.321 e. The molecule has 0 radical (unpaired) electrons. The highest BCUT2D eigenvalue weighted by atomic mass is 16.2. The second-order valence-electron chi connectivity index (χ2n) is 7.21. The van der Waals surface area contributed by atoms with Crippen LogP contribution in [0.25, 0.3) is 0 Å². The molecule has 2 rings (SSSR count). The van der Waals surface area contributed by atoms with Crippen molar-refractivity contribution < 1.29 is 9.59 Å². The maximum absolute atomic E-state index is 12.5. The maximum atomic E-state index is 12.5. The Morgan fingerprint density at radius 2 is 1.88 bits per heavy atom. The minimum Gasteiger partial charge on any atom is -0.343 e. The molecule has 0 unspecified atom stereocenters. The fourth-order valence-electron chi connectivity index (χ4n) is 2.96. The molecule has 7 heteroatoms. The van der Waals surface area contributed by atoms with Crippen molar-refractivity contribution >= 4 is 17.6 Å². The zero-order valence-corrected chi connectivity index (χ0v) is 15.8. The van der Waals surface area contributed by atoms with Gasteiger partial charge in [-0.2, -0.15) is 0 Å². The Labute approximate surface area is 149 Å². The highest BCUT2D eigenvalue weighted by Gasteiger charge is 2.30. The van der Waals surface area contributed by atoms with Crippen LogP contribution in [0.4, 0.5) is 10.5 Å². The lowest BCUT2D eigenvalue weighted by molar-refractivity contribution is -0.137. The summed E-state index contributed by atoms with van der Waals surface area (Å²) < 4.78 is 0. The number of carbonyl (C=O) groups is 2. The number of hydrogen-bond donors (Lipinski definition) is 1. The Morgan fingerprint density at radius 3 is 2.44 bits per heavy atom. The number of likely N-dealkylation sites (tertiary alicyclic amines) is 1. The van der Waals surface area contributed by atoms with Crippen molar-refractivity contribution in [3.05, 3.63) is 18.2 Å². The minimum atomic E-state index is -0.153. The first-order valence-corrected chi connectivity index (χ1v) is 8.93. The number of piperidine rings is 1. The average molecular weight is 347 g/mol. The third kappa shape index (κ3) is 4.67. The van der Waals surface area contributed by atoms with Crippen LogP contribution in [0.2, 0.25) is 0 Å². The van der Waals surface area contributed by atoms with E-state index >= 15 is 0 Å². The lowest BCUT2D eigenvalue weighted by Crippen LogP contribution is -2.46. The molecule has 1 saturated heterocycles. The summed E-state index contributed by atoms with van der Waals surface area (Å²) in [5, 5.41) is 2.91. The van der Waals surface area contributed by atoms with Gasteiger partial charge in [-0.25, -0.2) is 14.8 Å². The van der Waals surface area contributed by atoms with Crippen molar-refractivity contribution in [2.45, 2.75) is 52.5 Å². The molecule has 1 aromatic rings. The molecule has 1 aliphatic heterocycles. The van der Waals surface area contributed by atoms with Crippen LogP contribution in [0.15, 0.2) is 12.5 Å². The zero-order chi connectivity index (χ0) is 18.6. The van der Waals surface area contributed by atoms with Gasteiger partial charge in [-0.15, -0.1) is 0 Å². The normalized spacial score (nSPS) is 15.6. The molecule has 0 atom stereocenters. The fourth-order valence-corrected chi connectivity index (χ4v) is 2.96. The number of rotatable bonds is 4. The molecule has 0 aliphatic carbocycles. The van der Waals surface area contributed by atoms with E-state index in [1.54, 1.807) is 16.0 Å². The molecule has 7 nitrogen and oxygen atoms in total. The summed E-state index contributed by atoms with van der Waals surface area (Å²) in [6.07, 6.45) is 4.53. The third-order valence-electron chi connectivity index (χ3n) is 4.79. The standard InChI is InChI=1S/C18H29N5O2/c1-12(2)16-15(10-19-11-20-16)21-18(25)23-8-6-14(7-9-23)17(24)22(5)13(3)4/h10-14H,6-9H2,1-5H3,(H,21,25). The molecule has 25 heavy (non-hydrogen) atoms. The Morgan fingerprint density at radius 1 is 1.24 bits per heavy atom. The summed E-state index contributed by atoms with van der Waals surface area (Å²) >= 11 is 0. The van der Waals surface area contributed by atoms with Crippen LogP contribution >= 0.6 is 0 Å². The van der Waals surface area contributed by atoms with E-state index in [-0.39, 0.29) is 29.8 Å². The van der Waals surface area contributed by atoms with Crippen LogP contribution in [-0.2, 0) is 4.79 Å². The number of anilines is 1.